The van der Waals surface area contributed by atoms with Crippen molar-refractivity contribution in [1.29, 1.82) is 0 Å². The van der Waals surface area contributed by atoms with Crippen LogP contribution in [0.5, 0.6) is 5.75 Å². The van der Waals surface area contributed by atoms with Crippen molar-refractivity contribution in [3.05, 3.63) is 71.9 Å². The molecule has 2 aliphatic heterocycles. The van der Waals surface area contributed by atoms with Crippen LogP contribution in [0.15, 0.2) is 60.8 Å². The predicted octanol–water partition coefficient (Wildman–Crippen LogP) is 3.27. The molecule has 172 valence electrons. The Balaban J connectivity index is 1.37. The SMILES string of the molecule is Cc1ccc(-c2[nH]ncc2CN2C[C@@H](Oc3ccccc3)C[C@@H]2C(=O)N2CCOCC2)cc1. The zero-order valence-electron chi connectivity index (χ0n) is 18.9. The van der Waals surface area contributed by atoms with Gasteiger partial charge in [-0.05, 0) is 24.6 Å². The lowest BCUT2D eigenvalue weighted by Gasteiger charge is -2.32. The van der Waals surface area contributed by atoms with E-state index in [1.165, 1.54) is 5.56 Å². The Morgan fingerprint density at radius 3 is 2.64 bits per heavy atom. The summed E-state index contributed by atoms with van der Waals surface area (Å²) in [6.45, 7) is 5.89. The number of aryl methyl sites for hydroxylation is 1. The molecular weight excluding hydrogens is 416 g/mol. The van der Waals surface area contributed by atoms with Crippen molar-refractivity contribution in [2.75, 3.05) is 32.8 Å². The van der Waals surface area contributed by atoms with Gasteiger partial charge < -0.3 is 14.4 Å². The summed E-state index contributed by atoms with van der Waals surface area (Å²) >= 11 is 0. The number of carbonyl (C=O) groups excluding carboxylic acids is 1. The molecule has 0 unspecified atom stereocenters. The molecule has 0 aliphatic carbocycles. The maximum atomic E-state index is 13.5. The summed E-state index contributed by atoms with van der Waals surface area (Å²) in [4.78, 5) is 17.7. The van der Waals surface area contributed by atoms with Crippen molar-refractivity contribution in [2.45, 2.75) is 32.0 Å². The minimum Gasteiger partial charge on any atom is -0.489 e. The summed E-state index contributed by atoms with van der Waals surface area (Å²) in [5.74, 6) is 1.00. The van der Waals surface area contributed by atoms with E-state index in [2.05, 4.69) is 46.3 Å². The number of nitrogens with zero attached hydrogens (tertiary/aromatic N) is 3. The van der Waals surface area contributed by atoms with E-state index in [0.717, 1.165) is 22.6 Å². The second-order valence-corrected chi connectivity index (χ2v) is 8.81. The van der Waals surface area contributed by atoms with Crippen molar-refractivity contribution in [3.63, 3.8) is 0 Å². The van der Waals surface area contributed by atoms with Crippen molar-refractivity contribution >= 4 is 5.91 Å². The zero-order chi connectivity index (χ0) is 22.6. The largest absolute Gasteiger partial charge is 0.489 e. The second kappa shape index (κ2) is 9.77. The average Bonchev–Trinajstić information content (AvgIpc) is 3.47. The van der Waals surface area contributed by atoms with Crippen molar-refractivity contribution in [1.82, 2.24) is 20.0 Å². The molecule has 5 rings (SSSR count). The third-order valence-corrected chi connectivity index (χ3v) is 6.45. The van der Waals surface area contributed by atoms with Crippen LogP contribution in [0.25, 0.3) is 11.3 Å². The van der Waals surface area contributed by atoms with Crippen LogP contribution in [-0.4, -0.2) is 70.9 Å². The number of rotatable bonds is 6. The highest BCUT2D eigenvalue weighted by Crippen LogP contribution is 2.29. The van der Waals surface area contributed by atoms with Gasteiger partial charge in [0.2, 0.25) is 5.91 Å². The number of para-hydroxylation sites is 1. The summed E-state index contributed by atoms with van der Waals surface area (Å²) < 4.78 is 11.7. The fourth-order valence-electron chi connectivity index (χ4n) is 4.68. The van der Waals surface area contributed by atoms with Crippen LogP contribution in [0.3, 0.4) is 0 Å². The summed E-state index contributed by atoms with van der Waals surface area (Å²) in [5, 5.41) is 7.47. The van der Waals surface area contributed by atoms with E-state index in [-0.39, 0.29) is 18.1 Å². The highest BCUT2D eigenvalue weighted by atomic mass is 16.5. The van der Waals surface area contributed by atoms with E-state index < -0.39 is 0 Å². The number of likely N-dealkylation sites (tertiary alicyclic amines) is 1. The van der Waals surface area contributed by atoms with Gasteiger partial charge in [0, 0.05) is 38.2 Å². The van der Waals surface area contributed by atoms with Gasteiger partial charge >= 0.3 is 0 Å². The van der Waals surface area contributed by atoms with Crippen LogP contribution in [0.2, 0.25) is 0 Å². The van der Waals surface area contributed by atoms with Crippen LogP contribution in [-0.2, 0) is 16.1 Å². The van der Waals surface area contributed by atoms with E-state index in [0.29, 0.717) is 45.8 Å². The van der Waals surface area contributed by atoms with Gasteiger partial charge in [-0.15, -0.1) is 0 Å². The fraction of sp³-hybridized carbons (Fsp3) is 0.385. The number of hydrogen-bond donors (Lipinski definition) is 1. The lowest BCUT2D eigenvalue weighted by molar-refractivity contribution is -0.140. The Morgan fingerprint density at radius 2 is 1.88 bits per heavy atom. The van der Waals surface area contributed by atoms with Crippen molar-refractivity contribution in [2.24, 2.45) is 0 Å². The first-order valence-electron chi connectivity index (χ1n) is 11.6. The number of H-pyrrole nitrogens is 1. The van der Waals surface area contributed by atoms with E-state index in [4.69, 9.17) is 9.47 Å². The van der Waals surface area contributed by atoms with Gasteiger partial charge in [-0.25, -0.2) is 0 Å². The first kappa shape index (κ1) is 21.7. The molecule has 2 fully saturated rings. The Bertz CT molecular complexity index is 1060. The molecule has 0 saturated carbocycles. The summed E-state index contributed by atoms with van der Waals surface area (Å²) in [5.41, 5.74) is 4.40. The number of benzene rings is 2. The topological polar surface area (TPSA) is 70.7 Å². The first-order valence-corrected chi connectivity index (χ1v) is 11.6. The molecule has 2 aromatic carbocycles. The number of aromatic nitrogens is 2. The molecule has 33 heavy (non-hydrogen) atoms. The molecule has 2 aliphatic rings. The molecule has 2 saturated heterocycles. The molecular formula is C26H30N4O3. The normalized spacial score (nSPS) is 21.3. The average molecular weight is 447 g/mol. The van der Waals surface area contributed by atoms with E-state index in [9.17, 15) is 4.79 Å². The van der Waals surface area contributed by atoms with Crippen LogP contribution in [0.1, 0.15) is 17.5 Å². The van der Waals surface area contributed by atoms with Crippen LogP contribution < -0.4 is 4.74 Å². The molecule has 0 bridgehead atoms. The molecule has 1 N–H and O–H groups in total. The Hall–Kier alpha value is -3.16. The summed E-state index contributed by atoms with van der Waals surface area (Å²) in [6.07, 6.45) is 2.50. The van der Waals surface area contributed by atoms with E-state index >= 15 is 0 Å². The van der Waals surface area contributed by atoms with Gasteiger partial charge in [-0.1, -0.05) is 48.0 Å². The Kier molecular flexibility index (Phi) is 6.41. The number of morpholine rings is 1. The molecule has 0 radical (unpaired) electrons. The van der Waals surface area contributed by atoms with E-state index in [1.54, 1.807) is 0 Å². The molecule has 3 aromatic rings. The summed E-state index contributed by atoms with van der Waals surface area (Å²) in [7, 11) is 0. The number of amides is 1. The van der Waals surface area contributed by atoms with Gasteiger partial charge in [0.25, 0.3) is 0 Å². The highest BCUT2D eigenvalue weighted by molar-refractivity contribution is 5.82. The van der Waals surface area contributed by atoms with E-state index in [1.807, 2.05) is 41.4 Å². The van der Waals surface area contributed by atoms with Gasteiger partial charge in [-0.2, -0.15) is 5.10 Å². The maximum absolute atomic E-state index is 13.5. The fourth-order valence-corrected chi connectivity index (χ4v) is 4.68. The van der Waals surface area contributed by atoms with Crippen LogP contribution in [0, 0.1) is 6.92 Å². The Morgan fingerprint density at radius 1 is 1.12 bits per heavy atom. The number of nitrogens with one attached hydrogen (secondary N) is 1. The molecule has 7 heteroatoms. The number of ether oxygens (including phenoxy) is 2. The molecule has 2 atom stereocenters. The quantitative estimate of drug-likeness (QED) is 0.629. The minimum atomic E-state index is -0.224. The molecule has 1 aromatic heterocycles. The molecule has 1 amide bonds. The molecule has 3 heterocycles. The predicted molar refractivity (Wildman–Crippen MR) is 126 cm³/mol. The second-order valence-electron chi connectivity index (χ2n) is 8.81. The van der Waals surface area contributed by atoms with Crippen LogP contribution >= 0.6 is 0 Å². The summed E-state index contributed by atoms with van der Waals surface area (Å²) in [6, 6.07) is 18.0. The van der Waals surface area contributed by atoms with Crippen molar-refractivity contribution < 1.29 is 14.3 Å². The van der Waals surface area contributed by atoms with Crippen LogP contribution in [0.4, 0.5) is 0 Å². The smallest absolute Gasteiger partial charge is 0.240 e. The molecule has 0 spiro atoms. The monoisotopic (exact) mass is 446 g/mol. The first-order chi connectivity index (χ1) is 16.2. The standard InChI is InChI=1S/C26H30N4O3/c1-19-7-9-20(10-8-19)25-21(16-27-28-25)17-30-18-23(33-22-5-3-2-4-6-22)15-24(30)26(31)29-11-13-32-14-12-29/h2-10,16,23-24H,11-15,17-18H2,1H3,(H,27,28)/t23-,24+/m0/s1. The lowest BCUT2D eigenvalue weighted by atomic mass is 10.1. The number of hydrogen-bond acceptors (Lipinski definition) is 5. The molecule has 7 nitrogen and oxygen atoms in total. The highest BCUT2D eigenvalue weighted by Gasteiger charge is 2.40. The van der Waals surface area contributed by atoms with Gasteiger partial charge in [0.1, 0.15) is 11.9 Å². The van der Waals surface area contributed by atoms with Gasteiger partial charge in [0.05, 0.1) is 31.1 Å². The zero-order valence-corrected chi connectivity index (χ0v) is 18.9. The maximum Gasteiger partial charge on any atom is 0.240 e. The third-order valence-electron chi connectivity index (χ3n) is 6.45. The minimum absolute atomic E-state index is 0.0443. The van der Waals surface area contributed by atoms with Gasteiger partial charge in [-0.3, -0.25) is 14.8 Å². The Labute approximate surface area is 194 Å². The van der Waals surface area contributed by atoms with Gasteiger partial charge in [0.15, 0.2) is 0 Å². The van der Waals surface area contributed by atoms with Crippen molar-refractivity contribution in [3.8, 4) is 17.0 Å². The third kappa shape index (κ3) is 4.94. The number of carbonyl (C=O) groups is 1. The lowest BCUT2D eigenvalue weighted by Crippen LogP contribution is -2.49. The number of aromatic amines is 1.